The Morgan fingerprint density at radius 2 is 1.32 bits per heavy atom. The Kier molecular flexibility index (Phi) is 7.38. The van der Waals surface area contributed by atoms with Crippen LogP contribution < -0.4 is 0 Å². The summed E-state index contributed by atoms with van der Waals surface area (Å²) in [6, 6.07) is 44.7. The predicted octanol–water partition coefficient (Wildman–Crippen LogP) is 14.2. The molecule has 4 aliphatic carbocycles. The monoisotopic (exact) mass is 765 g/mol. The molecule has 3 nitrogen and oxygen atoms in total. The number of aromatic nitrogens is 2. The SMILES string of the molecule is C1=CC2C(c3cccc(-c4ccc5c(c4)C4=C(C=CCC4)C4C=C(c6ccnc7c6ccc6cccnc67)C=CC54)c3)=Nc3c(c4ccccc4c4ccccc34)C2C=C1. The minimum absolute atomic E-state index is 0.154. The summed E-state index contributed by atoms with van der Waals surface area (Å²) in [6.45, 7) is 0. The second-order valence-corrected chi connectivity index (χ2v) is 16.9. The van der Waals surface area contributed by atoms with E-state index in [-0.39, 0.29) is 23.7 Å². The maximum atomic E-state index is 5.64. The average Bonchev–Trinajstić information content (AvgIpc) is 3.33. The van der Waals surface area contributed by atoms with E-state index in [1.54, 1.807) is 0 Å². The molecule has 282 valence electrons. The molecule has 6 aromatic carbocycles. The first-order valence-corrected chi connectivity index (χ1v) is 21.3. The fourth-order valence-corrected chi connectivity index (χ4v) is 11.1. The maximum Gasteiger partial charge on any atom is 0.0970 e. The van der Waals surface area contributed by atoms with E-state index in [4.69, 9.17) is 15.0 Å². The van der Waals surface area contributed by atoms with Crippen molar-refractivity contribution in [3.05, 3.63) is 222 Å². The molecule has 0 saturated heterocycles. The molecule has 5 aliphatic rings. The smallest absolute Gasteiger partial charge is 0.0970 e. The molecule has 0 spiro atoms. The van der Waals surface area contributed by atoms with Gasteiger partial charge < -0.3 is 0 Å². The van der Waals surface area contributed by atoms with Crippen molar-refractivity contribution in [2.75, 3.05) is 0 Å². The van der Waals surface area contributed by atoms with Crippen molar-refractivity contribution >= 4 is 65.9 Å². The van der Waals surface area contributed by atoms with Gasteiger partial charge in [0, 0.05) is 52.2 Å². The van der Waals surface area contributed by atoms with Crippen molar-refractivity contribution < 1.29 is 0 Å². The van der Waals surface area contributed by atoms with Gasteiger partial charge in [0.05, 0.1) is 22.4 Å². The van der Waals surface area contributed by atoms with Crippen molar-refractivity contribution in [1.82, 2.24) is 9.97 Å². The molecule has 8 aromatic rings. The largest absolute Gasteiger partial charge is 0.254 e. The minimum atomic E-state index is 0.154. The van der Waals surface area contributed by atoms with Crippen LogP contribution in [0.4, 0.5) is 5.69 Å². The number of pyridine rings is 2. The highest BCUT2D eigenvalue weighted by Gasteiger charge is 2.36. The van der Waals surface area contributed by atoms with E-state index >= 15 is 0 Å². The Morgan fingerprint density at radius 3 is 2.23 bits per heavy atom. The lowest BCUT2D eigenvalue weighted by molar-refractivity contribution is 0.658. The molecule has 13 rings (SSSR count). The second kappa shape index (κ2) is 13.1. The third-order valence-electron chi connectivity index (χ3n) is 13.8. The van der Waals surface area contributed by atoms with Gasteiger partial charge in [-0.2, -0.15) is 0 Å². The van der Waals surface area contributed by atoms with Crippen LogP contribution >= 0.6 is 0 Å². The lowest BCUT2D eigenvalue weighted by atomic mass is 9.66. The number of nitrogens with zero attached hydrogens (tertiary/aromatic N) is 3. The number of allylic oxidation sites excluding steroid dienone is 12. The summed E-state index contributed by atoms with van der Waals surface area (Å²) in [7, 11) is 0. The molecule has 0 saturated carbocycles. The van der Waals surface area contributed by atoms with E-state index in [0.717, 1.165) is 46.0 Å². The first kappa shape index (κ1) is 33.7. The molecule has 0 fully saturated rings. The summed E-state index contributed by atoms with van der Waals surface area (Å²) in [4.78, 5) is 15.2. The molecule has 3 heterocycles. The van der Waals surface area contributed by atoms with Gasteiger partial charge in [-0.3, -0.25) is 15.0 Å². The Labute approximate surface area is 348 Å². The number of rotatable bonds is 3. The van der Waals surface area contributed by atoms with Gasteiger partial charge in [0.25, 0.3) is 0 Å². The first-order valence-electron chi connectivity index (χ1n) is 21.3. The molecule has 0 amide bonds. The molecule has 3 heteroatoms. The zero-order chi connectivity index (χ0) is 39.3. The molecular formula is C57H39N3. The Hall–Kier alpha value is -7.23. The van der Waals surface area contributed by atoms with Gasteiger partial charge in [-0.05, 0) is 109 Å². The van der Waals surface area contributed by atoms with Gasteiger partial charge in [-0.25, -0.2) is 0 Å². The molecule has 0 N–H and O–H groups in total. The van der Waals surface area contributed by atoms with Gasteiger partial charge in [-0.15, -0.1) is 0 Å². The Morgan fingerprint density at radius 1 is 0.517 bits per heavy atom. The molecular weight excluding hydrogens is 727 g/mol. The van der Waals surface area contributed by atoms with E-state index in [1.807, 2.05) is 18.5 Å². The number of fused-ring (bicyclic) bond motifs is 16. The molecule has 4 atom stereocenters. The molecule has 2 aromatic heterocycles. The van der Waals surface area contributed by atoms with Crippen molar-refractivity contribution in [1.29, 1.82) is 0 Å². The van der Waals surface area contributed by atoms with Crippen LogP contribution in [0.1, 0.15) is 52.5 Å². The van der Waals surface area contributed by atoms with Gasteiger partial charge in [0.1, 0.15) is 0 Å². The Bertz CT molecular complexity index is 3410. The minimum Gasteiger partial charge on any atom is -0.254 e. The summed E-state index contributed by atoms with van der Waals surface area (Å²) < 4.78 is 0. The van der Waals surface area contributed by atoms with E-state index in [2.05, 4.69) is 170 Å². The van der Waals surface area contributed by atoms with Crippen molar-refractivity contribution in [3.63, 3.8) is 0 Å². The van der Waals surface area contributed by atoms with E-state index in [9.17, 15) is 0 Å². The summed E-state index contributed by atoms with van der Waals surface area (Å²) in [5.41, 5.74) is 17.4. The number of aliphatic imine (C=N–C) groups is 1. The van der Waals surface area contributed by atoms with Crippen LogP contribution in [0.5, 0.6) is 0 Å². The lowest BCUT2D eigenvalue weighted by Gasteiger charge is -2.37. The van der Waals surface area contributed by atoms with Gasteiger partial charge in [0.15, 0.2) is 0 Å². The summed E-state index contributed by atoms with van der Waals surface area (Å²) in [5.74, 6) is 0.906. The fraction of sp³-hybridized carbons (Fsp3) is 0.105. The third kappa shape index (κ3) is 4.99. The van der Waals surface area contributed by atoms with Crippen LogP contribution in [-0.4, -0.2) is 15.7 Å². The van der Waals surface area contributed by atoms with E-state index in [0.29, 0.717) is 0 Å². The van der Waals surface area contributed by atoms with Crippen LogP contribution in [0, 0.1) is 11.8 Å². The summed E-state index contributed by atoms with van der Waals surface area (Å²) >= 11 is 0. The van der Waals surface area contributed by atoms with Crippen molar-refractivity contribution in [3.8, 4) is 11.1 Å². The first-order chi connectivity index (χ1) is 29.8. The maximum absolute atomic E-state index is 5.64. The highest BCUT2D eigenvalue weighted by Crippen LogP contribution is 2.52. The fourth-order valence-electron chi connectivity index (χ4n) is 11.1. The van der Waals surface area contributed by atoms with Crippen LogP contribution in [0.3, 0.4) is 0 Å². The van der Waals surface area contributed by atoms with E-state index < -0.39 is 0 Å². The second-order valence-electron chi connectivity index (χ2n) is 16.9. The summed E-state index contributed by atoms with van der Waals surface area (Å²) in [5, 5.41) is 7.34. The summed E-state index contributed by atoms with van der Waals surface area (Å²) in [6.07, 6.45) is 27.2. The van der Waals surface area contributed by atoms with Crippen LogP contribution in [-0.2, 0) is 0 Å². The number of hydrogen-bond acceptors (Lipinski definition) is 3. The molecule has 0 bridgehead atoms. The molecule has 60 heavy (non-hydrogen) atoms. The van der Waals surface area contributed by atoms with Crippen molar-refractivity contribution in [2.45, 2.75) is 24.7 Å². The number of hydrogen-bond donors (Lipinski definition) is 0. The normalized spacial score (nSPS) is 21.1. The third-order valence-corrected chi connectivity index (χ3v) is 13.8. The topological polar surface area (TPSA) is 38.1 Å². The zero-order valence-electron chi connectivity index (χ0n) is 33.0. The lowest BCUT2D eigenvalue weighted by Crippen LogP contribution is -2.25. The molecule has 1 aliphatic heterocycles. The number of benzene rings is 6. The van der Waals surface area contributed by atoms with Gasteiger partial charge in [0.2, 0.25) is 0 Å². The average molecular weight is 766 g/mol. The highest BCUT2D eigenvalue weighted by atomic mass is 14.8. The van der Waals surface area contributed by atoms with Crippen LogP contribution in [0.25, 0.3) is 65.6 Å². The van der Waals surface area contributed by atoms with Gasteiger partial charge in [-0.1, -0.05) is 152 Å². The quantitative estimate of drug-likeness (QED) is 0.168. The standard InChI is InChI=1S/C57H39N3/c1-2-17-43-42(16-1)51-32-36(23-25-44(51)45-26-24-37(33-52(43)45)39-28-30-59-57-50(39)27-22-34-13-10-29-58-55(34)57)35-11-9-12-38(31-35)54-49-21-8-6-19-47(49)53-46-18-5-3-14-40(46)41-15-4-7-20-48(41)56(53)60-54/h2-15,17-33,45,47,49,52H,1,16H2. The van der Waals surface area contributed by atoms with Crippen LogP contribution in [0.15, 0.2) is 199 Å². The molecule has 0 radical (unpaired) electrons. The highest BCUT2D eigenvalue weighted by molar-refractivity contribution is 6.19. The Balaban J connectivity index is 0.907. The molecule has 4 unspecified atom stereocenters. The van der Waals surface area contributed by atoms with E-state index in [1.165, 1.54) is 77.2 Å². The van der Waals surface area contributed by atoms with Crippen molar-refractivity contribution in [2.24, 2.45) is 16.8 Å². The van der Waals surface area contributed by atoms with Gasteiger partial charge >= 0.3 is 0 Å². The van der Waals surface area contributed by atoms with Crippen LogP contribution in [0.2, 0.25) is 0 Å². The zero-order valence-corrected chi connectivity index (χ0v) is 33.0. The predicted molar refractivity (Wildman–Crippen MR) is 250 cm³/mol.